The average Bonchev–Trinajstić information content (AvgIpc) is 3.85. The summed E-state index contributed by atoms with van der Waals surface area (Å²) in [6.45, 7) is 4.00. The fraction of sp³-hybridized carbons (Fsp3) is 0.257. The van der Waals surface area contributed by atoms with Crippen molar-refractivity contribution in [2.45, 2.75) is 50.6 Å². The van der Waals surface area contributed by atoms with Gasteiger partial charge in [-0.2, -0.15) is 0 Å². The highest BCUT2D eigenvalue weighted by molar-refractivity contribution is 9.10. The van der Waals surface area contributed by atoms with Crippen LogP contribution in [0.4, 0.5) is 10.5 Å². The number of aromatic nitrogens is 2. The summed E-state index contributed by atoms with van der Waals surface area (Å²) in [7, 11) is 0. The van der Waals surface area contributed by atoms with Gasteiger partial charge in [-0.15, -0.1) is 0 Å². The number of halogens is 1. The van der Waals surface area contributed by atoms with E-state index in [-0.39, 0.29) is 30.7 Å². The standard InChI is InChI=1S/C35H30BrN5O6/c1-18(2)26-32-40-28(31-37-13-14-44-31)29(47-32)35-21-9-6-10-23(36)27(21)41-33(35)46-25-12-11-20(15-22(25)35)16-24(30(42)39-26)38-34(43)45-17-19-7-4-3-5-8-19/h3-15,18,24,26,33,41H,16-17H2,1-2H3,(H,38,43)(H,39,42)/t24-,26-,33?,35?/m0/s1. The molecule has 2 amide bonds. The van der Waals surface area contributed by atoms with Crippen LogP contribution in [0.5, 0.6) is 5.75 Å². The average molecular weight is 697 g/mol. The number of rotatable bonds is 5. The number of ether oxygens (including phenoxy) is 2. The van der Waals surface area contributed by atoms with Crippen LogP contribution in [0.1, 0.15) is 53.8 Å². The normalized spacial score (nSPS) is 22.2. The lowest BCUT2D eigenvalue weighted by Crippen LogP contribution is -2.49. The van der Waals surface area contributed by atoms with Crippen LogP contribution >= 0.6 is 15.9 Å². The van der Waals surface area contributed by atoms with Gasteiger partial charge in [-0.3, -0.25) is 4.79 Å². The van der Waals surface area contributed by atoms with E-state index in [1.807, 2.05) is 80.6 Å². The molecular weight excluding hydrogens is 666 g/mol. The zero-order valence-electron chi connectivity index (χ0n) is 25.5. The minimum atomic E-state index is -0.998. The molecule has 0 radical (unpaired) electrons. The lowest BCUT2D eigenvalue weighted by molar-refractivity contribution is -0.124. The van der Waals surface area contributed by atoms with Gasteiger partial charge in [0.1, 0.15) is 36.1 Å². The van der Waals surface area contributed by atoms with E-state index >= 15 is 0 Å². The van der Waals surface area contributed by atoms with E-state index < -0.39 is 35.7 Å². The van der Waals surface area contributed by atoms with Gasteiger partial charge in [0.2, 0.25) is 17.7 Å². The Balaban J connectivity index is 1.28. The third kappa shape index (κ3) is 4.77. The second-order valence-corrected chi connectivity index (χ2v) is 13.1. The number of anilines is 1. The van der Waals surface area contributed by atoms with Crippen molar-refractivity contribution in [2.75, 3.05) is 5.32 Å². The fourth-order valence-corrected chi connectivity index (χ4v) is 7.21. The summed E-state index contributed by atoms with van der Waals surface area (Å²) >= 11 is 3.72. The number of amides is 2. The number of hydrogen-bond acceptors (Lipinski definition) is 9. The van der Waals surface area contributed by atoms with Crippen molar-refractivity contribution in [2.24, 2.45) is 5.92 Å². The topological polar surface area (TPSA) is 141 Å². The maximum Gasteiger partial charge on any atom is 0.408 e. The Morgan fingerprint density at radius 2 is 1.96 bits per heavy atom. The highest BCUT2D eigenvalue weighted by Gasteiger charge is 2.61. The maximum atomic E-state index is 14.0. The Labute approximate surface area is 278 Å². The van der Waals surface area contributed by atoms with Crippen LogP contribution in [-0.2, 0) is 28.0 Å². The van der Waals surface area contributed by atoms with Crippen LogP contribution in [0.2, 0.25) is 0 Å². The number of hydrogen-bond donors (Lipinski definition) is 3. The molecule has 0 saturated carbocycles. The summed E-state index contributed by atoms with van der Waals surface area (Å²) in [4.78, 5) is 36.4. The van der Waals surface area contributed by atoms with E-state index in [0.717, 1.165) is 32.4 Å². The van der Waals surface area contributed by atoms with Gasteiger partial charge >= 0.3 is 6.09 Å². The molecule has 0 aliphatic carbocycles. The van der Waals surface area contributed by atoms with Gasteiger partial charge in [0, 0.05) is 22.0 Å². The predicted octanol–water partition coefficient (Wildman–Crippen LogP) is 6.23. The summed E-state index contributed by atoms with van der Waals surface area (Å²) in [6, 6.07) is 19.5. The van der Waals surface area contributed by atoms with Crippen molar-refractivity contribution < 1.29 is 27.9 Å². The van der Waals surface area contributed by atoms with Crippen molar-refractivity contribution in [3.05, 3.63) is 118 Å². The quantitative estimate of drug-likeness (QED) is 0.195. The first-order chi connectivity index (χ1) is 22.8. The first kappa shape index (κ1) is 29.3. The summed E-state index contributed by atoms with van der Waals surface area (Å²) in [6.07, 6.45) is 1.95. The fourth-order valence-electron chi connectivity index (χ4n) is 6.73. The third-order valence-electron chi connectivity index (χ3n) is 8.95. The number of oxazole rings is 2. The zero-order valence-corrected chi connectivity index (χ0v) is 27.0. The summed E-state index contributed by atoms with van der Waals surface area (Å²) in [5, 5.41) is 9.47. The van der Waals surface area contributed by atoms with Crippen LogP contribution in [0.15, 0.2) is 92.5 Å². The molecule has 2 aromatic heterocycles. The molecule has 8 rings (SSSR count). The van der Waals surface area contributed by atoms with Crippen molar-refractivity contribution in [3.8, 4) is 17.3 Å². The molecule has 4 atom stereocenters. The molecule has 4 bridgehead atoms. The van der Waals surface area contributed by atoms with Gasteiger partial charge in [-0.1, -0.05) is 68.4 Å². The van der Waals surface area contributed by atoms with Crippen LogP contribution in [0.25, 0.3) is 11.6 Å². The van der Waals surface area contributed by atoms with Gasteiger partial charge in [0.25, 0.3) is 0 Å². The highest BCUT2D eigenvalue weighted by Crippen LogP contribution is 2.60. The molecule has 238 valence electrons. The van der Waals surface area contributed by atoms with E-state index in [2.05, 4.69) is 36.9 Å². The Kier molecular flexibility index (Phi) is 7.05. The number of fused-ring (bicyclic) bond motifs is 4. The monoisotopic (exact) mass is 695 g/mol. The maximum absolute atomic E-state index is 14.0. The minimum absolute atomic E-state index is 0.0698. The summed E-state index contributed by atoms with van der Waals surface area (Å²) in [5.74, 6) is 1.16. The van der Waals surface area contributed by atoms with Gasteiger partial charge in [-0.25, -0.2) is 14.8 Å². The number of carbonyl (C=O) groups excluding carboxylic acids is 2. The smallest absolute Gasteiger partial charge is 0.408 e. The van der Waals surface area contributed by atoms with E-state index in [4.69, 9.17) is 23.3 Å². The first-order valence-electron chi connectivity index (χ1n) is 15.4. The van der Waals surface area contributed by atoms with Crippen molar-refractivity contribution in [3.63, 3.8) is 0 Å². The van der Waals surface area contributed by atoms with Gasteiger partial charge < -0.3 is 34.3 Å². The van der Waals surface area contributed by atoms with E-state index in [1.165, 1.54) is 6.26 Å². The molecule has 47 heavy (non-hydrogen) atoms. The largest absolute Gasteiger partial charge is 0.469 e. The predicted molar refractivity (Wildman–Crippen MR) is 173 cm³/mol. The van der Waals surface area contributed by atoms with Crippen LogP contribution in [0, 0.1) is 5.92 Å². The van der Waals surface area contributed by atoms with Crippen LogP contribution in [0.3, 0.4) is 0 Å². The Bertz CT molecular complexity index is 1990. The number of nitrogens with one attached hydrogen (secondary N) is 3. The van der Waals surface area contributed by atoms with Crippen LogP contribution in [-0.4, -0.2) is 34.2 Å². The second-order valence-electron chi connectivity index (χ2n) is 12.2. The Morgan fingerprint density at radius 3 is 2.74 bits per heavy atom. The molecule has 3 aliphatic heterocycles. The lowest BCUT2D eigenvalue weighted by atomic mass is 9.72. The van der Waals surface area contributed by atoms with E-state index in [1.54, 1.807) is 6.20 Å². The molecule has 3 aromatic carbocycles. The highest BCUT2D eigenvalue weighted by atomic mass is 79.9. The first-order valence-corrected chi connectivity index (χ1v) is 16.2. The van der Waals surface area contributed by atoms with Crippen molar-refractivity contribution >= 4 is 33.6 Å². The zero-order chi connectivity index (χ0) is 32.3. The molecule has 3 aliphatic rings. The van der Waals surface area contributed by atoms with Crippen molar-refractivity contribution in [1.29, 1.82) is 0 Å². The molecular formula is C35H30BrN5O6. The summed E-state index contributed by atoms with van der Waals surface area (Å²) in [5.41, 5.74) is 3.66. The molecule has 5 heterocycles. The molecule has 11 nitrogen and oxygen atoms in total. The Hall–Kier alpha value is -5.10. The number of para-hydroxylation sites is 1. The van der Waals surface area contributed by atoms with Gasteiger partial charge in [0.05, 0.1) is 11.9 Å². The molecule has 3 N–H and O–H groups in total. The van der Waals surface area contributed by atoms with Gasteiger partial charge in [-0.05, 0) is 45.1 Å². The molecule has 5 aromatic rings. The summed E-state index contributed by atoms with van der Waals surface area (Å²) < 4.78 is 25.6. The molecule has 0 saturated heterocycles. The molecule has 0 fully saturated rings. The number of alkyl carbamates (subject to hydrolysis) is 1. The third-order valence-corrected chi connectivity index (χ3v) is 9.61. The number of benzene rings is 3. The Morgan fingerprint density at radius 1 is 1.11 bits per heavy atom. The molecule has 2 unspecified atom stereocenters. The molecule has 12 heteroatoms. The molecule has 1 spiro atoms. The van der Waals surface area contributed by atoms with E-state index in [9.17, 15) is 9.59 Å². The number of carbonyl (C=O) groups is 2. The number of nitrogens with zero attached hydrogens (tertiary/aromatic N) is 2. The van der Waals surface area contributed by atoms with E-state index in [0.29, 0.717) is 17.2 Å². The van der Waals surface area contributed by atoms with Crippen LogP contribution < -0.4 is 20.7 Å². The van der Waals surface area contributed by atoms with Gasteiger partial charge in [0.15, 0.2) is 17.7 Å². The van der Waals surface area contributed by atoms with Crippen molar-refractivity contribution in [1.82, 2.24) is 20.6 Å². The lowest BCUT2D eigenvalue weighted by Gasteiger charge is -2.28. The SMILES string of the molecule is CC(C)[C@@H]1NC(=O)[C@@H](NC(=O)OCc2ccccc2)Cc2ccc3c(c2)C2(c4cccc(Br)c4NC2O3)c2oc1nc2-c1ncco1. The minimum Gasteiger partial charge on any atom is -0.469 e. The second kappa shape index (κ2) is 11.3.